The van der Waals surface area contributed by atoms with Gasteiger partial charge in [0.25, 0.3) is 0 Å². The van der Waals surface area contributed by atoms with E-state index in [9.17, 15) is 0 Å². The maximum atomic E-state index is 5.14. The van der Waals surface area contributed by atoms with Gasteiger partial charge in [-0.15, -0.1) is 0 Å². The van der Waals surface area contributed by atoms with Crippen LogP contribution in [0.2, 0.25) is 0 Å². The fourth-order valence-electron chi connectivity index (χ4n) is 5.41. The van der Waals surface area contributed by atoms with Gasteiger partial charge in [0, 0.05) is 27.6 Å². The Morgan fingerprint density at radius 1 is 0.727 bits per heavy atom. The summed E-state index contributed by atoms with van der Waals surface area (Å²) < 4.78 is 0. The number of aromatic nitrogens is 1. The lowest BCUT2D eigenvalue weighted by molar-refractivity contribution is 0.660. The van der Waals surface area contributed by atoms with E-state index in [-0.39, 0.29) is 5.41 Å². The minimum absolute atomic E-state index is 0.0540. The van der Waals surface area contributed by atoms with Crippen molar-refractivity contribution in [1.29, 1.82) is 0 Å². The molecule has 4 aromatic carbocycles. The maximum absolute atomic E-state index is 5.14. The van der Waals surface area contributed by atoms with Crippen LogP contribution in [0.4, 0.5) is 11.5 Å². The summed E-state index contributed by atoms with van der Waals surface area (Å²) in [6.07, 6.45) is 0. The van der Waals surface area contributed by atoms with Gasteiger partial charge in [-0.1, -0.05) is 93.2 Å². The van der Waals surface area contributed by atoms with Gasteiger partial charge in [0.1, 0.15) is 5.82 Å². The lowest BCUT2D eigenvalue weighted by Crippen LogP contribution is -2.18. The molecule has 0 fully saturated rings. The van der Waals surface area contributed by atoms with Gasteiger partial charge in [-0.25, -0.2) is 4.98 Å². The van der Waals surface area contributed by atoms with Gasteiger partial charge in [-0.05, 0) is 52.8 Å². The van der Waals surface area contributed by atoms with Crippen molar-refractivity contribution >= 4 is 33.2 Å². The van der Waals surface area contributed by atoms with Crippen LogP contribution in [0.25, 0.3) is 32.8 Å². The molecule has 0 aliphatic heterocycles. The van der Waals surface area contributed by atoms with Crippen molar-refractivity contribution in [3.05, 3.63) is 114 Å². The Labute approximate surface area is 194 Å². The molecule has 1 aliphatic rings. The van der Waals surface area contributed by atoms with Gasteiger partial charge in [0.05, 0.1) is 5.52 Å². The van der Waals surface area contributed by atoms with Crippen LogP contribution in [0.1, 0.15) is 31.9 Å². The minimum atomic E-state index is -0.0540. The number of para-hydroxylation sites is 1. The molecule has 1 aliphatic carbocycles. The third kappa shape index (κ3) is 2.84. The third-order valence-corrected chi connectivity index (χ3v) is 7.01. The van der Waals surface area contributed by atoms with Crippen molar-refractivity contribution < 1.29 is 0 Å². The van der Waals surface area contributed by atoms with Crippen molar-refractivity contribution in [2.75, 3.05) is 4.90 Å². The monoisotopic (exact) mass is 426 g/mol. The Morgan fingerprint density at radius 3 is 2.15 bits per heavy atom. The average Bonchev–Trinajstić information content (AvgIpc) is 3.06. The van der Waals surface area contributed by atoms with Gasteiger partial charge >= 0.3 is 0 Å². The Kier molecular flexibility index (Phi) is 4.22. The number of rotatable bonds is 3. The lowest BCUT2D eigenvalue weighted by Gasteiger charge is -2.28. The zero-order valence-corrected chi connectivity index (χ0v) is 19.3. The summed E-state index contributed by atoms with van der Waals surface area (Å²) in [4.78, 5) is 7.34. The van der Waals surface area contributed by atoms with Crippen molar-refractivity contribution in [3.8, 4) is 11.1 Å². The van der Waals surface area contributed by atoms with E-state index in [2.05, 4.69) is 117 Å². The van der Waals surface area contributed by atoms with Gasteiger partial charge in [0.2, 0.25) is 0 Å². The normalized spacial score (nSPS) is 13.7. The zero-order valence-electron chi connectivity index (χ0n) is 19.3. The van der Waals surface area contributed by atoms with E-state index >= 15 is 0 Å². The van der Waals surface area contributed by atoms with Crippen LogP contribution in [0, 0.1) is 0 Å². The molecule has 0 unspecified atom stereocenters. The van der Waals surface area contributed by atoms with Crippen molar-refractivity contribution in [2.45, 2.75) is 26.2 Å². The molecule has 0 bridgehead atoms. The molecule has 1 heterocycles. The number of hydrogen-bond acceptors (Lipinski definition) is 2. The number of benzene rings is 4. The van der Waals surface area contributed by atoms with Gasteiger partial charge in [-0.2, -0.15) is 0 Å². The summed E-state index contributed by atoms with van der Waals surface area (Å²) in [5.74, 6) is 0.921. The molecule has 0 saturated carbocycles. The van der Waals surface area contributed by atoms with Crippen molar-refractivity contribution in [3.63, 3.8) is 0 Å². The molecule has 0 N–H and O–H groups in total. The van der Waals surface area contributed by atoms with E-state index in [1.165, 1.54) is 33.0 Å². The summed E-state index contributed by atoms with van der Waals surface area (Å²) in [5.41, 5.74) is 8.35. The molecule has 0 spiro atoms. The van der Waals surface area contributed by atoms with Crippen molar-refractivity contribution in [1.82, 2.24) is 4.98 Å². The van der Waals surface area contributed by atoms with Gasteiger partial charge in [-0.3, -0.25) is 4.90 Å². The van der Waals surface area contributed by atoms with E-state index in [0.717, 1.165) is 28.1 Å². The highest BCUT2D eigenvalue weighted by Crippen LogP contribution is 2.50. The molecule has 0 radical (unpaired) electrons. The van der Waals surface area contributed by atoms with Crippen LogP contribution in [0.3, 0.4) is 0 Å². The molecule has 6 rings (SSSR count). The van der Waals surface area contributed by atoms with Crippen molar-refractivity contribution in [2.24, 2.45) is 0 Å². The number of fused-ring (bicyclic) bond motifs is 6. The molecule has 0 atom stereocenters. The predicted molar refractivity (Wildman–Crippen MR) is 140 cm³/mol. The molecule has 2 heteroatoms. The van der Waals surface area contributed by atoms with Gasteiger partial charge < -0.3 is 0 Å². The van der Waals surface area contributed by atoms with Crippen LogP contribution in [0.15, 0.2) is 103 Å². The average molecular weight is 427 g/mol. The molecule has 2 nitrogen and oxygen atoms in total. The topological polar surface area (TPSA) is 16.1 Å². The first kappa shape index (κ1) is 19.8. The quantitative estimate of drug-likeness (QED) is 0.269. The Balaban J connectivity index is 1.60. The number of allylic oxidation sites excluding steroid dienone is 1. The van der Waals surface area contributed by atoms with Crippen LogP contribution in [-0.4, -0.2) is 4.98 Å². The molecule has 0 amide bonds. The predicted octanol–water partition coefficient (Wildman–Crippen LogP) is 8.37. The zero-order chi connectivity index (χ0) is 22.7. The van der Waals surface area contributed by atoms with Crippen LogP contribution >= 0.6 is 0 Å². The molecule has 1 aromatic heterocycles. The maximum Gasteiger partial charge on any atom is 0.145 e. The molecular formula is C31H26N2. The summed E-state index contributed by atoms with van der Waals surface area (Å²) >= 11 is 0. The fraction of sp³-hybridized carbons (Fsp3) is 0.129. The number of anilines is 2. The second-order valence-corrected chi connectivity index (χ2v) is 9.47. The highest BCUT2D eigenvalue weighted by Gasteiger charge is 2.35. The largest absolute Gasteiger partial charge is 0.299 e. The number of hydrogen-bond donors (Lipinski definition) is 0. The number of nitrogens with zero attached hydrogens (tertiary/aromatic N) is 2. The molecular weight excluding hydrogens is 400 g/mol. The Bertz CT molecular complexity index is 1580. The molecule has 160 valence electrons. The van der Waals surface area contributed by atoms with E-state index < -0.39 is 0 Å². The smallest absolute Gasteiger partial charge is 0.145 e. The first-order valence-corrected chi connectivity index (χ1v) is 11.4. The fourth-order valence-corrected chi connectivity index (χ4v) is 5.41. The summed E-state index contributed by atoms with van der Waals surface area (Å²) in [6, 6.07) is 32.4. The first-order chi connectivity index (χ1) is 16.0. The Hall–Kier alpha value is -3.91. The lowest BCUT2D eigenvalue weighted by atomic mass is 9.82. The Morgan fingerprint density at radius 2 is 1.36 bits per heavy atom. The van der Waals surface area contributed by atoms with Crippen LogP contribution in [0.5, 0.6) is 0 Å². The summed E-state index contributed by atoms with van der Waals surface area (Å²) in [7, 11) is 0. The molecule has 5 aromatic rings. The highest BCUT2D eigenvalue weighted by atomic mass is 15.2. The standard InChI is InChI=1S/C31H26N2/c1-20(2)33(30-26-14-6-5-11-22(26)25-13-8-10-16-29(25)32-30)21-17-18-24-23-12-7-9-15-27(23)31(3,4)28(24)19-21/h5-19H,1H2,2-4H3. The minimum Gasteiger partial charge on any atom is -0.299 e. The van der Waals surface area contributed by atoms with Crippen LogP contribution < -0.4 is 4.90 Å². The molecule has 33 heavy (non-hydrogen) atoms. The highest BCUT2D eigenvalue weighted by molar-refractivity contribution is 6.11. The van der Waals surface area contributed by atoms with Crippen LogP contribution in [-0.2, 0) is 5.41 Å². The number of pyridine rings is 1. The second kappa shape index (κ2) is 7.05. The van der Waals surface area contributed by atoms with E-state index in [1.807, 2.05) is 6.07 Å². The third-order valence-electron chi connectivity index (χ3n) is 7.01. The van der Waals surface area contributed by atoms with E-state index in [0.29, 0.717) is 0 Å². The molecule has 0 saturated heterocycles. The SMILES string of the molecule is C=C(C)N(c1ccc2c(c1)C(C)(C)c1ccccc1-2)c1nc2ccccc2c2ccccc12. The van der Waals surface area contributed by atoms with Gasteiger partial charge in [0.15, 0.2) is 0 Å². The first-order valence-electron chi connectivity index (χ1n) is 11.4. The van der Waals surface area contributed by atoms with E-state index in [1.54, 1.807) is 0 Å². The second-order valence-electron chi connectivity index (χ2n) is 9.47. The summed E-state index contributed by atoms with van der Waals surface area (Å²) in [6.45, 7) is 11.0. The summed E-state index contributed by atoms with van der Waals surface area (Å²) in [5, 5.41) is 3.50. The van der Waals surface area contributed by atoms with E-state index in [4.69, 9.17) is 4.98 Å².